The van der Waals surface area contributed by atoms with Crippen LogP contribution in [0.5, 0.6) is 0 Å². The minimum atomic E-state index is -3.50. The summed E-state index contributed by atoms with van der Waals surface area (Å²) in [6.45, 7) is 4.22. The molecule has 1 aliphatic rings. The third-order valence-electron chi connectivity index (χ3n) is 4.02. The van der Waals surface area contributed by atoms with Gasteiger partial charge in [0.05, 0.1) is 15.8 Å². The van der Waals surface area contributed by atoms with Crippen LogP contribution in [0.1, 0.15) is 56.6 Å². The summed E-state index contributed by atoms with van der Waals surface area (Å²) in [6, 6.07) is 6.96. The van der Waals surface area contributed by atoms with Crippen molar-refractivity contribution in [2.75, 3.05) is 0 Å². The van der Waals surface area contributed by atoms with E-state index in [-0.39, 0.29) is 25.3 Å². The minimum absolute atomic E-state index is 0. The van der Waals surface area contributed by atoms with Crippen molar-refractivity contribution in [3.63, 3.8) is 0 Å². The Labute approximate surface area is 161 Å². The molecule has 2 atom stereocenters. The Kier molecular flexibility index (Phi) is 11.6. The van der Waals surface area contributed by atoms with E-state index in [1.807, 2.05) is 41.6 Å². The van der Waals surface area contributed by atoms with Crippen LogP contribution in [0, 0.1) is 7.43 Å². The van der Waals surface area contributed by atoms with Crippen LogP contribution < -0.4 is 0 Å². The molecule has 1 fully saturated rings. The maximum atomic E-state index is 12.2. The van der Waals surface area contributed by atoms with Crippen molar-refractivity contribution in [1.29, 1.82) is 0 Å². The fourth-order valence-corrected chi connectivity index (χ4v) is 4.04. The monoisotopic (exact) mass is 460 g/mol. The molecule has 0 amide bonds. The summed E-state index contributed by atoms with van der Waals surface area (Å²) in [7, 11) is 1.07. The van der Waals surface area contributed by atoms with Crippen LogP contribution in [0.25, 0.3) is 10.5 Å². The zero-order chi connectivity index (χ0) is 17.5. The van der Waals surface area contributed by atoms with Gasteiger partial charge in [-0.25, -0.2) is 8.42 Å². The Morgan fingerprint density at radius 3 is 2.25 bits per heavy atom. The molecule has 1 aromatic rings. The third kappa shape index (κ3) is 7.92. The summed E-state index contributed by atoms with van der Waals surface area (Å²) in [5.41, 5.74) is 9.87. The van der Waals surface area contributed by atoms with Gasteiger partial charge < -0.3 is 17.9 Å². The van der Waals surface area contributed by atoms with Crippen LogP contribution in [0.2, 0.25) is 0 Å². The summed E-state index contributed by atoms with van der Waals surface area (Å²) in [5.74, 6) is 0.376. The Balaban J connectivity index is 0.00000170. The molecule has 1 aromatic carbocycles. The Hall–Kier alpha value is 0.00338. The summed E-state index contributed by atoms with van der Waals surface area (Å²) >= 11 is 1.82. The van der Waals surface area contributed by atoms with Gasteiger partial charge in [-0.05, 0) is 17.0 Å². The number of halogens is 1. The van der Waals surface area contributed by atoms with Gasteiger partial charge in [0.15, 0.2) is 0 Å². The van der Waals surface area contributed by atoms with Gasteiger partial charge in [-0.2, -0.15) is 6.04 Å². The van der Waals surface area contributed by atoms with E-state index in [2.05, 4.69) is 28.3 Å². The second-order valence-corrected chi connectivity index (χ2v) is 7.85. The molecule has 0 spiro atoms. The number of benzene rings is 1. The number of hydrogen-bond acceptors (Lipinski definition) is 2. The van der Waals surface area contributed by atoms with Crippen molar-refractivity contribution in [3.05, 3.63) is 53.3 Å². The van der Waals surface area contributed by atoms with Crippen LogP contribution in [-0.2, 0) is 33.1 Å². The molecule has 0 saturated heterocycles. The molecule has 24 heavy (non-hydrogen) atoms. The van der Waals surface area contributed by atoms with Gasteiger partial charge in [0.2, 0.25) is 0 Å². The topological polar surface area (TPSA) is 72.0 Å². The average molecular weight is 460 g/mol. The fraction of sp³-hybridized carbons (Fsp3) is 0.588. The summed E-state index contributed by atoms with van der Waals surface area (Å²) < 4.78 is 28.4. The van der Waals surface area contributed by atoms with Crippen molar-refractivity contribution >= 4 is 19.7 Å². The second kappa shape index (κ2) is 11.6. The first-order chi connectivity index (χ1) is 10.9. The number of sulfonamides is 1. The van der Waals surface area contributed by atoms with Crippen molar-refractivity contribution in [3.8, 4) is 0 Å². The quantitative estimate of drug-likeness (QED) is 0.430. The van der Waals surface area contributed by atoms with Gasteiger partial charge in [0.25, 0.3) is 0 Å². The van der Waals surface area contributed by atoms with Crippen LogP contribution in [0.4, 0.5) is 0 Å². The molecule has 0 aromatic heterocycles. The first-order valence-electron chi connectivity index (χ1n) is 7.75. The molecule has 1 N–H and O–H groups in total. The molecule has 138 valence electrons. The molecular weight excluding hydrogens is 433 g/mol. The molecule has 1 aliphatic carbocycles. The van der Waals surface area contributed by atoms with E-state index in [0.717, 1.165) is 31.2 Å². The normalized spacial score (nSPS) is 20.7. The third-order valence-corrected chi connectivity index (χ3v) is 5.31. The zero-order valence-corrected chi connectivity index (χ0v) is 17.8. The fourth-order valence-electron chi connectivity index (χ4n) is 2.69. The average Bonchev–Trinajstić information content (AvgIpc) is 2.51. The predicted molar refractivity (Wildman–Crippen MR) is 99.1 cm³/mol. The molecular formula is C17H27ClN2O2RuS. The molecule has 0 heterocycles. The molecule has 0 aliphatic heterocycles. The molecule has 7 heteroatoms. The Morgan fingerprint density at radius 2 is 1.75 bits per heavy atom. The second-order valence-electron chi connectivity index (χ2n) is 6.19. The molecule has 1 saturated carbocycles. The standard InChI is InChI=1S/C16H24N2O2S.CH3.ClH.Ru/c1-12(2)14-9-7-13(8-10-14)11-21(19,20)18-16-6-4-3-5-15(16)17;;;/h7-10,12,15-17H,3-6,11H2,1-2H3;1H3;1H;/q-2;-1;;+4/p-1. The molecule has 0 bridgehead atoms. The summed E-state index contributed by atoms with van der Waals surface area (Å²) in [4.78, 5) is 0. The first kappa shape index (κ1) is 24.0. The SMILES string of the molecule is CC(C)c1ccc(CS(=O)(=O)[N-]C2CCCCC2[NH-])cc1.[CH3-].[Cl][Ru+3]. The molecule has 2 rings (SSSR count). The molecule has 0 radical (unpaired) electrons. The molecule has 2 unspecified atom stereocenters. The maximum absolute atomic E-state index is 12.2. The van der Waals surface area contributed by atoms with E-state index in [1.54, 1.807) is 0 Å². The van der Waals surface area contributed by atoms with Crippen molar-refractivity contribution < 1.29 is 25.7 Å². The van der Waals surface area contributed by atoms with E-state index in [1.165, 1.54) is 5.56 Å². The van der Waals surface area contributed by atoms with Gasteiger partial charge in [0, 0.05) is 0 Å². The number of nitrogens with zero attached hydrogens (tertiary/aromatic N) is 1. The van der Waals surface area contributed by atoms with E-state index in [9.17, 15) is 8.42 Å². The first-order valence-corrected chi connectivity index (χ1v) is 11.6. The van der Waals surface area contributed by atoms with E-state index < -0.39 is 10.0 Å². The number of hydrogen-bond donors (Lipinski definition) is 0. The van der Waals surface area contributed by atoms with E-state index in [4.69, 9.17) is 5.73 Å². The van der Waals surface area contributed by atoms with Crippen molar-refractivity contribution in [1.82, 2.24) is 0 Å². The van der Waals surface area contributed by atoms with Gasteiger partial charge >= 0.3 is 27.0 Å². The van der Waals surface area contributed by atoms with Crippen LogP contribution in [0.3, 0.4) is 0 Å². The Morgan fingerprint density at radius 1 is 1.21 bits per heavy atom. The van der Waals surface area contributed by atoms with Crippen molar-refractivity contribution in [2.24, 2.45) is 0 Å². The molecule has 4 nitrogen and oxygen atoms in total. The van der Waals surface area contributed by atoms with Crippen LogP contribution in [-0.4, -0.2) is 20.5 Å². The van der Waals surface area contributed by atoms with Gasteiger partial charge in [-0.15, -0.1) is 6.04 Å². The van der Waals surface area contributed by atoms with Crippen LogP contribution >= 0.6 is 9.69 Å². The summed E-state index contributed by atoms with van der Waals surface area (Å²) in [5, 5.41) is 0. The van der Waals surface area contributed by atoms with Gasteiger partial charge in [0.1, 0.15) is 0 Å². The predicted octanol–water partition coefficient (Wildman–Crippen LogP) is 5.51. The van der Waals surface area contributed by atoms with E-state index in [0.29, 0.717) is 5.92 Å². The summed E-state index contributed by atoms with van der Waals surface area (Å²) in [6.07, 6.45) is 3.46. The van der Waals surface area contributed by atoms with Gasteiger partial charge in [-0.3, -0.25) is 0 Å². The number of rotatable bonds is 5. The van der Waals surface area contributed by atoms with Crippen LogP contribution in [0.15, 0.2) is 24.3 Å². The number of nitrogens with one attached hydrogen (secondary N) is 1. The van der Waals surface area contributed by atoms with Crippen molar-refractivity contribution in [2.45, 2.75) is 63.3 Å². The zero-order valence-electron chi connectivity index (χ0n) is 14.5. The van der Waals surface area contributed by atoms with Gasteiger partial charge in [-0.1, -0.05) is 63.8 Å². The Bertz CT molecular complexity index is 564. The van der Waals surface area contributed by atoms with E-state index >= 15 is 0 Å².